The van der Waals surface area contributed by atoms with Crippen LogP contribution in [0.5, 0.6) is 5.75 Å². The van der Waals surface area contributed by atoms with Gasteiger partial charge in [-0.15, -0.1) is 11.3 Å². The van der Waals surface area contributed by atoms with Crippen LogP contribution in [0.4, 0.5) is 4.79 Å². The summed E-state index contributed by atoms with van der Waals surface area (Å²) >= 11 is 1.58. The number of benzene rings is 2. The number of aliphatic carboxylic acids is 1. The van der Waals surface area contributed by atoms with Crippen LogP contribution in [0.1, 0.15) is 68.5 Å². The van der Waals surface area contributed by atoms with Gasteiger partial charge >= 0.3 is 12.0 Å². The molecule has 9 heteroatoms. The highest BCUT2D eigenvalue weighted by Gasteiger charge is 2.28. The SMILES string of the molecule is CCCC[C@H](NC(=O)NC(CC(=O)O)c1ccc(OCC(C)C)cc1)C(=O)N(Cc1ccccc1)Cc1cccs1. The maximum atomic E-state index is 13.9. The summed E-state index contributed by atoms with van der Waals surface area (Å²) in [6.07, 6.45) is 1.80. The van der Waals surface area contributed by atoms with Crippen LogP contribution in [0.3, 0.4) is 0 Å². The molecule has 0 aliphatic rings. The van der Waals surface area contributed by atoms with Gasteiger partial charge in [-0.2, -0.15) is 0 Å². The molecule has 2 aromatic carbocycles. The molecule has 3 rings (SSSR count). The number of urea groups is 1. The Morgan fingerprint density at radius 1 is 0.951 bits per heavy atom. The van der Waals surface area contributed by atoms with Crippen molar-refractivity contribution in [2.45, 2.75) is 71.6 Å². The van der Waals surface area contributed by atoms with Crippen LogP contribution in [0, 0.1) is 5.92 Å². The summed E-state index contributed by atoms with van der Waals surface area (Å²) in [6, 6.07) is 18.7. The van der Waals surface area contributed by atoms with E-state index in [1.165, 1.54) is 0 Å². The molecule has 3 amide bonds. The predicted molar refractivity (Wildman–Crippen MR) is 162 cm³/mol. The van der Waals surface area contributed by atoms with Crippen LogP contribution in [0.25, 0.3) is 0 Å². The third-order valence-corrected chi connectivity index (χ3v) is 7.32. The molecule has 0 saturated carbocycles. The highest BCUT2D eigenvalue weighted by molar-refractivity contribution is 7.09. The van der Waals surface area contributed by atoms with Crippen molar-refractivity contribution in [1.82, 2.24) is 15.5 Å². The molecule has 2 atom stereocenters. The number of ether oxygens (including phenoxy) is 1. The molecule has 0 bridgehead atoms. The van der Waals surface area contributed by atoms with Crippen molar-refractivity contribution in [2.75, 3.05) is 6.61 Å². The predicted octanol–water partition coefficient (Wildman–Crippen LogP) is 6.39. The second kappa shape index (κ2) is 16.4. The summed E-state index contributed by atoms with van der Waals surface area (Å²) in [5.41, 5.74) is 1.64. The topological polar surface area (TPSA) is 108 Å². The van der Waals surface area contributed by atoms with Gasteiger partial charge in [0.25, 0.3) is 0 Å². The van der Waals surface area contributed by atoms with Crippen molar-refractivity contribution in [3.05, 3.63) is 88.1 Å². The van der Waals surface area contributed by atoms with Crippen molar-refractivity contribution < 1.29 is 24.2 Å². The van der Waals surface area contributed by atoms with E-state index in [0.29, 0.717) is 43.3 Å². The fourth-order valence-electron chi connectivity index (χ4n) is 4.34. The van der Waals surface area contributed by atoms with Crippen LogP contribution >= 0.6 is 11.3 Å². The molecule has 0 saturated heterocycles. The van der Waals surface area contributed by atoms with Crippen molar-refractivity contribution >= 4 is 29.2 Å². The molecule has 0 radical (unpaired) electrons. The van der Waals surface area contributed by atoms with Gasteiger partial charge in [0, 0.05) is 11.4 Å². The number of rotatable bonds is 16. The summed E-state index contributed by atoms with van der Waals surface area (Å²) in [6.45, 7) is 7.56. The molecule has 1 aromatic heterocycles. The minimum Gasteiger partial charge on any atom is -0.493 e. The van der Waals surface area contributed by atoms with E-state index in [1.807, 2.05) is 54.8 Å². The van der Waals surface area contributed by atoms with Crippen LogP contribution in [-0.2, 0) is 22.7 Å². The van der Waals surface area contributed by atoms with E-state index < -0.39 is 24.1 Å². The van der Waals surface area contributed by atoms with Crippen LogP contribution in [0.2, 0.25) is 0 Å². The smallest absolute Gasteiger partial charge is 0.315 e. The Labute approximate surface area is 246 Å². The molecule has 41 heavy (non-hydrogen) atoms. The van der Waals surface area contributed by atoms with Gasteiger partial charge in [-0.1, -0.05) is 82.1 Å². The van der Waals surface area contributed by atoms with Crippen molar-refractivity contribution in [3.8, 4) is 5.75 Å². The lowest BCUT2D eigenvalue weighted by molar-refractivity contribution is -0.137. The number of nitrogens with zero attached hydrogens (tertiary/aromatic N) is 1. The molecule has 0 aliphatic carbocycles. The molecule has 0 spiro atoms. The third kappa shape index (κ3) is 10.9. The Morgan fingerprint density at radius 3 is 2.29 bits per heavy atom. The number of carboxylic acids is 1. The zero-order chi connectivity index (χ0) is 29.6. The van der Waals surface area contributed by atoms with Gasteiger partial charge in [0.2, 0.25) is 5.91 Å². The average Bonchev–Trinajstić information content (AvgIpc) is 3.47. The van der Waals surface area contributed by atoms with E-state index in [9.17, 15) is 19.5 Å². The summed E-state index contributed by atoms with van der Waals surface area (Å²) in [4.78, 5) is 41.6. The first-order valence-electron chi connectivity index (χ1n) is 14.1. The molecule has 3 N–H and O–H groups in total. The number of unbranched alkanes of at least 4 members (excludes halogenated alkanes) is 1. The van der Waals surface area contributed by atoms with Crippen LogP contribution in [-0.4, -0.2) is 40.6 Å². The largest absolute Gasteiger partial charge is 0.493 e. The van der Waals surface area contributed by atoms with E-state index in [-0.39, 0.29) is 12.3 Å². The van der Waals surface area contributed by atoms with E-state index in [1.54, 1.807) is 40.5 Å². The molecular weight excluding hydrogens is 538 g/mol. The number of nitrogens with one attached hydrogen (secondary N) is 2. The highest BCUT2D eigenvalue weighted by Crippen LogP contribution is 2.22. The van der Waals surface area contributed by atoms with Gasteiger partial charge < -0.3 is 25.4 Å². The van der Waals surface area contributed by atoms with Crippen molar-refractivity contribution in [3.63, 3.8) is 0 Å². The average molecular weight is 580 g/mol. The monoisotopic (exact) mass is 579 g/mol. The van der Waals surface area contributed by atoms with E-state index in [2.05, 4.69) is 24.5 Å². The zero-order valence-corrected chi connectivity index (χ0v) is 24.9. The van der Waals surface area contributed by atoms with Gasteiger partial charge in [-0.3, -0.25) is 9.59 Å². The number of carbonyl (C=O) groups is 3. The molecule has 220 valence electrons. The minimum absolute atomic E-state index is 0.174. The Morgan fingerprint density at radius 2 is 1.68 bits per heavy atom. The zero-order valence-electron chi connectivity index (χ0n) is 24.0. The maximum absolute atomic E-state index is 13.9. The molecule has 1 heterocycles. The normalized spacial score (nSPS) is 12.4. The maximum Gasteiger partial charge on any atom is 0.315 e. The fraction of sp³-hybridized carbons (Fsp3) is 0.406. The highest BCUT2D eigenvalue weighted by atomic mass is 32.1. The molecule has 8 nitrogen and oxygen atoms in total. The lowest BCUT2D eigenvalue weighted by Crippen LogP contribution is -2.51. The number of thiophene rings is 1. The minimum atomic E-state index is -1.04. The Hall–Kier alpha value is -3.85. The first-order chi connectivity index (χ1) is 19.7. The second-order valence-electron chi connectivity index (χ2n) is 10.5. The molecule has 0 fully saturated rings. The number of carboxylic acid groups (broad SMARTS) is 1. The molecule has 1 unspecified atom stereocenters. The number of hydrogen-bond donors (Lipinski definition) is 3. The number of carbonyl (C=O) groups excluding carboxylic acids is 2. The summed E-state index contributed by atoms with van der Waals surface area (Å²) in [5, 5.41) is 17.2. The Bertz CT molecular complexity index is 1220. The summed E-state index contributed by atoms with van der Waals surface area (Å²) in [7, 11) is 0. The second-order valence-corrected chi connectivity index (χ2v) is 11.5. The Balaban J connectivity index is 1.75. The lowest BCUT2D eigenvalue weighted by atomic mass is 10.0. The van der Waals surface area contributed by atoms with Gasteiger partial charge in [0.1, 0.15) is 11.8 Å². The first-order valence-corrected chi connectivity index (χ1v) is 15.0. The van der Waals surface area contributed by atoms with Gasteiger partial charge in [-0.05, 0) is 47.0 Å². The van der Waals surface area contributed by atoms with Crippen LogP contribution in [0.15, 0.2) is 72.1 Å². The van der Waals surface area contributed by atoms with E-state index in [4.69, 9.17) is 4.74 Å². The molecular formula is C32H41N3O5S. The van der Waals surface area contributed by atoms with Crippen molar-refractivity contribution in [1.29, 1.82) is 0 Å². The lowest BCUT2D eigenvalue weighted by Gasteiger charge is -2.28. The standard InChI is InChI=1S/C32H41N3O5S/c1-4-5-13-28(31(38)35(21-27-12-9-18-41-27)20-24-10-7-6-8-11-24)33-32(39)34-29(19-30(36)37)25-14-16-26(17-15-25)40-22-23(2)3/h6-12,14-18,23,28-29H,4-5,13,19-22H2,1-3H3,(H,36,37)(H2,33,34,39)/t28-,29?/m0/s1. The molecule has 0 aliphatic heterocycles. The Kier molecular flexibility index (Phi) is 12.7. The van der Waals surface area contributed by atoms with E-state index >= 15 is 0 Å². The van der Waals surface area contributed by atoms with Gasteiger partial charge in [0.15, 0.2) is 0 Å². The van der Waals surface area contributed by atoms with Crippen molar-refractivity contribution in [2.24, 2.45) is 5.92 Å². The number of amides is 3. The third-order valence-electron chi connectivity index (χ3n) is 6.45. The summed E-state index contributed by atoms with van der Waals surface area (Å²) < 4.78 is 5.73. The van der Waals surface area contributed by atoms with Crippen LogP contribution < -0.4 is 15.4 Å². The first kappa shape index (κ1) is 31.7. The van der Waals surface area contributed by atoms with Gasteiger partial charge in [-0.25, -0.2) is 4.79 Å². The number of hydrogen-bond acceptors (Lipinski definition) is 5. The van der Waals surface area contributed by atoms with Gasteiger partial charge in [0.05, 0.1) is 25.6 Å². The summed E-state index contributed by atoms with van der Waals surface area (Å²) in [5.74, 6) is -0.168. The van der Waals surface area contributed by atoms with E-state index in [0.717, 1.165) is 23.3 Å². The fourth-order valence-corrected chi connectivity index (χ4v) is 5.06. The molecule has 3 aromatic rings. The quantitative estimate of drug-likeness (QED) is 0.182.